The molecule has 104 valence electrons. The van der Waals surface area contributed by atoms with E-state index in [4.69, 9.17) is 4.42 Å². The second-order valence-corrected chi connectivity index (χ2v) is 4.85. The molecule has 1 fully saturated rings. The number of nitrogens with one attached hydrogen (secondary N) is 1. The minimum Gasteiger partial charge on any atom is -0.444 e. The number of aryl methyl sites for hydroxylation is 1. The lowest BCUT2D eigenvalue weighted by atomic mass is 10.1. The molecular formula is C14H16N4O2. The van der Waals surface area contributed by atoms with Gasteiger partial charge in [0.25, 0.3) is 5.91 Å². The number of rotatable bonds is 5. The van der Waals surface area contributed by atoms with Crippen molar-refractivity contribution in [2.24, 2.45) is 0 Å². The van der Waals surface area contributed by atoms with E-state index in [1.165, 1.54) is 6.33 Å². The Morgan fingerprint density at radius 3 is 2.95 bits per heavy atom. The summed E-state index contributed by atoms with van der Waals surface area (Å²) in [6, 6.07) is 0. The van der Waals surface area contributed by atoms with Gasteiger partial charge in [0.2, 0.25) is 5.89 Å². The van der Waals surface area contributed by atoms with E-state index < -0.39 is 0 Å². The van der Waals surface area contributed by atoms with Gasteiger partial charge in [-0.3, -0.25) is 4.79 Å². The van der Waals surface area contributed by atoms with E-state index in [0.29, 0.717) is 17.4 Å². The Morgan fingerprint density at radius 2 is 2.25 bits per heavy atom. The molecule has 2 aromatic rings. The molecule has 1 amide bonds. The molecule has 6 heteroatoms. The lowest BCUT2D eigenvalue weighted by Crippen LogP contribution is -2.24. The van der Waals surface area contributed by atoms with Gasteiger partial charge in [-0.25, -0.2) is 15.0 Å². The Hall–Kier alpha value is -2.24. The van der Waals surface area contributed by atoms with Crippen molar-refractivity contribution < 1.29 is 9.21 Å². The molecule has 1 N–H and O–H groups in total. The molecule has 0 unspecified atom stereocenters. The third-order valence-electron chi connectivity index (χ3n) is 3.30. The summed E-state index contributed by atoms with van der Waals surface area (Å²) in [6.45, 7) is 2.27. The summed E-state index contributed by atoms with van der Waals surface area (Å²) in [5.74, 6) is 1.56. The van der Waals surface area contributed by atoms with Crippen molar-refractivity contribution in [3.63, 3.8) is 0 Å². The predicted molar refractivity (Wildman–Crippen MR) is 71.1 cm³/mol. The first-order chi connectivity index (χ1) is 9.78. The van der Waals surface area contributed by atoms with E-state index in [2.05, 4.69) is 20.3 Å². The first kappa shape index (κ1) is 12.8. The molecule has 0 atom stereocenters. The number of nitrogens with zero attached hydrogens (tertiary/aromatic N) is 3. The van der Waals surface area contributed by atoms with Crippen molar-refractivity contribution in [1.29, 1.82) is 0 Å². The molecule has 0 saturated heterocycles. The van der Waals surface area contributed by atoms with Crippen LogP contribution >= 0.6 is 0 Å². The van der Waals surface area contributed by atoms with Gasteiger partial charge in [-0.1, -0.05) is 6.92 Å². The van der Waals surface area contributed by atoms with Crippen molar-refractivity contribution in [2.75, 3.05) is 0 Å². The molecule has 20 heavy (non-hydrogen) atoms. The van der Waals surface area contributed by atoms with Gasteiger partial charge in [0.15, 0.2) is 0 Å². The Labute approximate surface area is 116 Å². The van der Waals surface area contributed by atoms with Gasteiger partial charge in [-0.15, -0.1) is 0 Å². The third-order valence-corrected chi connectivity index (χ3v) is 3.30. The monoisotopic (exact) mass is 272 g/mol. The van der Waals surface area contributed by atoms with Gasteiger partial charge >= 0.3 is 0 Å². The molecular weight excluding hydrogens is 256 g/mol. The second kappa shape index (κ2) is 5.40. The first-order valence-corrected chi connectivity index (χ1v) is 6.79. The molecule has 2 heterocycles. The van der Waals surface area contributed by atoms with Crippen LogP contribution in [-0.4, -0.2) is 20.9 Å². The highest BCUT2D eigenvalue weighted by Gasteiger charge is 2.29. The van der Waals surface area contributed by atoms with Gasteiger partial charge in [0, 0.05) is 18.5 Å². The Morgan fingerprint density at radius 1 is 1.40 bits per heavy atom. The quantitative estimate of drug-likeness (QED) is 0.898. The summed E-state index contributed by atoms with van der Waals surface area (Å²) in [7, 11) is 0. The molecule has 1 aliphatic carbocycles. The molecule has 0 bridgehead atoms. The van der Waals surface area contributed by atoms with Crippen LogP contribution in [0.15, 0.2) is 23.1 Å². The van der Waals surface area contributed by atoms with Crippen LogP contribution in [0.25, 0.3) is 0 Å². The van der Waals surface area contributed by atoms with Crippen molar-refractivity contribution in [1.82, 2.24) is 20.3 Å². The number of amides is 1. The Bertz CT molecular complexity index is 619. The molecule has 0 spiro atoms. The van der Waals surface area contributed by atoms with Crippen LogP contribution in [0.2, 0.25) is 0 Å². The minimum absolute atomic E-state index is 0.177. The average Bonchev–Trinajstić information content (AvgIpc) is 3.23. The summed E-state index contributed by atoms with van der Waals surface area (Å²) in [5.41, 5.74) is 1.40. The van der Waals surface area contributed by atoms with Crippen molar-refractivity contribution in [2.45, 2.75) is 38.6 Å². The summed E-state index contributed by atoms with van der Waals surface area (Å²) in [6.07, 6.45) is 7.73. The molecule has 1 saturated carbocycles. The number of hydrogen-bond acceptors (Lipinski definition) is 5. The van der Waals surface area contributed by atoms with E-state index in [9.17, 15) is 4.79 Å². The molecule has 0 aromatic carbocycles. The summed E-state index contributed by atoms with van der Waals surface area (Å²) >= 11 is 0. The highest BCUT2D eigenvalue weighted by molar-refractivity contribution is 5.95. The normalized spacial score (nSPS) is 14.2. The average molecular weight is 272 g/mol. The van der Waals surface area contributed by atoms with Crippen LogP contribution in [0.4, 0.5) is 0 Å². The van der Waals surface area contributed by atoms with Gasteiger partial charge < -0.3 is 9.73 Å². The van der Waals surface area contributed by atoms with E-state index in [-0.39, 0.29) is 12.5 Å². The topological polar surface area (TPSA) is 80.9 Å². The van der Waals surface area contributed by atoms with Crippen LogP contribution < -0.4 is 5.32 Å². The van der Waals surface area contributed by atoms with E-state index in [0.717, 1.165) is 30.7 Å². The van der Waals surface area contributed by atoms with Crippen LogP contribution in [0.5, 0.6) is 0 Å². The fraction of sp³-hybridized carbons (Fsp3) is 0.429. The number of oxazole rings is 1. The molecule has 3 rings (SSSR count). The highest BCUT2D eigenvalue weighted by atomic mass is 16.4. The van der Waals surface area contributed by atoms with Gasteiger partial charge in [0.05, 0.1) is 24.0 Å². The van der Waals surface area contributed by atoms with Crippen LogP contribution in [0.1, 0.15) is 53.4 Å². The third kappa shape index (κ3) is 2.68. The number of aromatic nitrogens is 3. The summed E-state index contributed by atoms with van der Waals surface area (Å²) < 4.78 is 5.45. The first-order valence-electron chi connectivity index (χ1n) is 6.79. The SMILES string of the molecule is CCc1cnc(CNC(=O)c2cncnc2C2CC2)o1. The van der Waals surface area contributed by atoms with E-state index in [1.807, 2.05) is 6.92 Å². The number of carbonyl (C=O) groups is 1. The predicted octanol–water partition coefficient (Wildman–Crippen LogP) is 1.83. The lowest BCUT2D eigenvalue weighted by molar-refractivity contribution is 0.0945. The lowest BCUT2D eigenvalue weighted by Gasteiger charge is -2.06. The van der Waals surface area contributed by atoms with Gasteiger partial charge in [0.1, 0.15) is 12.1 Å². The molecule has 0 radical (unpaired) electrons. The van der Waals surface area contributed by atoms with Crippen molar-refractivity contribution in [3.8, 4) is 0 Å². The maximum atomic E-state index is 12.2. The second-order valence-electron chi connectivity index (χ2n) is 4.85. The highest BCUT2D eigenvalue weighted by Crippen LogP contribution is 2.40. The fourth-order valence-electron chi connectivity index (χ4n) is 2.04. The van der Waals surface area contributed by atoms with Crippen LogP contribution in [0, 0.1) is 0 Å². The summed E-state index contributed by atoms with van der Waals surface area (Å²) in [4.78, 5) is 24.5. The molecule has 2 aromatic heterocycles. The maximum absolute atomic E-state index is 12.2. The molecule has 1 aliphatic rings. The maximum Gasteiger partial charge on any atom is 0.255 e. The fourth-order valence-corrected chi connectivity index (χ4v) is 2.04. The number of carbonyl (C=O) groups excluding carboxylic acids is 1. The Balaban J connectivity index is 1.67. The minimum atomic E-state index is -0.177. The zero-order chi connectivity index (χ0) is 13.9. The van der Waals surface area contributed by atoms with Crippen LogP contribution in [0.3, 0.4) is 0 Å². The van der Waals surface area contributed by atoms with E-state index in [1.54, 1.807) is 12.4 Å². The van der Waals surface area contributed by atoms with Gasteiger partial charge in [-0.2, -0.15) is 0 Å². The van der Waals surface area contributed by atoms with Crippen LogP contribution in [-0.2, 0) is 13.0 Å². The van der Waals surface area contributed by atoms with E-state index >= 15 is 0 Å². The number of hydrogen-bond donors (Lipinski definition) is 1. The smallest absolute Gasteiger partial charge is 0.255 e. The zero-order valence-corrected chi connectivity index (χ0v) is 11.3. The van der Waals surface area contributed by atoms with Gasteiger partial charge in [-0.05, 0) is 12.8 Å². The van der Waals surface area contributed by atoms with Crippen molar-refractivity contribution >= 4 is 5.91 Å². The largest absolute Gasteiger partial charge is 0.444 e. The summed E-state index contributed by atoms with van der Waals surface area (Å²) in [5, 5.41) is 2.80. The van der Waals surface area contributed by atoms with Crippen molar-refractivity contribution in [3.05, 3.63) is 41.6 Å². The molecule has 6 nitrogen and oxygen atoms in total. The Kier molecular flexibility index (Phi) is 3.45. The zero-order valence-electron chi connectivity index (χ0n) is 11.3. The molecule has 0 aliphatic heterocycles. The standard InChI is InChI=1S/C14H16N4O2/c1-2-10-5-16-12(20-10)7-17-14(19)11-6-15-8-18-13(11)9-3-4-9/h5-6,8-9H,2-4,7H2,1H3,(H,17,19).